The van der Waals surface area contributed by atoms with Gasteiger partial charge in [-0.05, 0) is 24.6 Å². The largest absolute Gasteiger partial charge is 0.467 e. The van der Waals surface area contributed by atoms with Crippen molar-refractivity contribution in [3.05, 3.63) is 70.5 Å². The molecule has 1 unspecified atom stereocenters. The summed E-state index contributed by atoms with van der Waals surface area (Å²) >= 11 is 1.21. The summed E-state index contributed by atoms with van der Waals surface area (Å²) in [5.41, 5.74) is 0.694. The van der Waals surface area contributed by atoms with Gasteiger partial charge in [0.05, 0.1) is 24.6 Å². The molecule has 8 heteroatoms. The van der Waals surface area contributed by atoms with E-state index in [-0.39, 0.29) is 23.4 Å². The number of hydrogen-bond donors (Lipinski definition) is 2. The van der Waals surface area contributed by atoms with Gasteiger partial charge in [-0.15, -0.1) is 5.10 Å². The second-order valence-corrected chi connectivity index (χ2v) is 6.42. The maximum absolute atomic E-state index is 12.1. The summed E-state index contributed by atoms with van der Waals surface area (Å²) in [6, 6.07) is 13.0. The molecule has 0 saturated carbocycles. The summed E-state index contributed by atoms with van der Waals surface area (Å²) in [6.07, 6.45) is 1.57. The Morgan fingerprint density at radius 2 is 2.12 bits per heavy atom. The van der Waals surface area contributed by atoms with E-state index in [1.807, 2.05) is 43.3 Å². The number of H-pyrrole nitrogens is 1. The van der Waals surface area contributed by atoms with E-state index >= 15 is 0 Å². The fraction of sp³-hybridized carbons (Fsp3) is 0.235. The fourth-order valence-corrected chi connectivity index (χ4v) is 3.10. The van der Waals surface area contributed by atoms with Gasteiger partial charge in [-0.2, -0.15) is 0 Å². The molecule has 0 aliphatic carbocycles. The predicted molar refractivity (Wildman–Crippen MR) is 94.4 cm³/mol. The minimum Gasteiger partial charge on any atom is -0.467 e. The van der Waals surface area contributed by atoms with Crippen molar-refractivity contribution in [2.45, 2.75) is 24.7 Å². The molecule has 0 fully saturated rings. The van der Waals surface area contributed by atoms with Crippen LogP contribution in [0.15, 0.2) is 63.1 Å². The molecule has 1 amide bonds. The van der Waals surface area contributed by atoms with E-state index in [4.69, 9.17) is 4.42 Å². The highest BCUT2D eigenvalue weighted by molar-refractivity contribution is 7.99. The van der Waals surface area contributed by atoms with Crippen molar-refractivity contribution in [2.24, 2.45) is 0 Å². The van der Waals surface area contributed by atoms with Crippen LogP contribution in [0.1, 0.15) is 24.3 Å². The number of nitrogens with zero attached hydrogens (tertiary/aromatic N) is 2. The monoisotopic (exact) mass is 358 g/mol. The average Bonchev–Trinajstić information content (AvgIpc) is 3.26. The number of amides is 1. The maximum atomic E-state index is 12.1. The number of hydrogen-bond acceptors (Lipinski definition) is 5. The molecule has 0 aliphatic rings. The summed E-state index contributed by atoms with van der Waals surface area (Å²) < 4.78 is 6.78. The van der Waals surface area contributed by atoms with Crippen molar-refractivity contribution in [1.82, 2.24) is 20.1 Å². The highest BCUT2D eigenvalue weighted by Gasteiger charge is 2.15. The molecular weight excluding hydrogens is 340 g/mol. The van der Waals surface area contributed by atoms with Crippen LogP contribution in [0.5, 0.6) is 0 Å². The van der Waals surface area contributed by atoms with Crippen LogP contribution in [0.4, 0.5) is 0 Å². The summed E-state index contributed by atoms with van der Waals surface area (Å²) in [5, 5.41) is 9.77. The van der Waals surface area contributed by atoms with E-state index in [1.165, 1.54) is 16.3 Å². The van der Waals surface area contributed by atoms with Crippen LogP contribution in [0.2, 0.25) is 0 Å². The molecule has 3 aromatic rings. The van der Waals surface area contributed by atoms with Gasteiger partial charge >= 0.3 is 5.69 Å². The van der Waals surface area contributed by atoms with Crippen LogP contribution in [-0.2, 0) is 11.3 Å². The first-order valence-electron chi connectivity index (χ1n) is 7.78. The first-order chi connectivity index (χ1) is 12.1. The van der Waals surface area contributed by atoms with Gasteiger partial charge in [-0.25, -0.2) is 9.89 Å². The lowest BCUT2D eigenvalue weighted by molar-refractivity contribution is -0.119. The van der Waals surface area contributed by atoms with Crippen LogP contribution in [-0.4, -0.2) is 26.4 Å². The SMILES string of the molecule is CC(NC(=O)CSc1n[nH]c(=O)n1Cc1ccccc1)c1ccco1. The third-order valence-corrected chi connectivity index (χ3v) is 4.56. The molecule has 0 aliphatic heterocycles. The van der Waals surface area contributed by atoms with E-state index in [0.29, 0.717) is 17.5 Å². The van der Waals surface area contributed by atoms with Gasteiger partial charge in [0.15, 0.2) is 5.16 Å². The Balaban J connectivity index is 1.60. The van der Waals surface area contributed by atoms with Crippen LogP contribution in [0.3, 0.4) is 0 Å². The minimum absolute atomic E-state index is 0.157. The molecular formula is C17H18N4O3S. The van der Waals surface area contributed by atoms with Gasteiger partial charge in [0.1, 0.15) is 5.76 Å². The van der Waals surface area contributed by atoms with Crippen LogP contribution < -0.4 is 11.0 Å². The van der Waals surface area contributed by atoms with E-state index in [1.54, 1.807) is 12.3 Å². The number of carbonyl (C=O) groups excluding carboxylic acids is 1. The Kier molecular flexibility index (Phi) is 5.39. The molecule has 7 nitrogen and oxygen atoms in total. The normalized spacial score (nSPS) is 12.0. The minimum atomic E-state index is -0.296. The predicted octanol–water partition coefficient (Wildman–Crippen LogP) is 2.18. The second-order valence-electron chi connectivity index (χ2n) is 5.48. The lowest BCUT2D eigenvalue weighted by Crippen LogP contribution is -2.28. The molecule has 0 radical (unpaired) electrons. The van der Waals surface area contributed by atoms with Crippen molar-refractivity contribution in [3.8, 4) is 0 Å². The Morgan fingerprint density at radius 1 is 1.32 bits per heavy atom. The number of aromatic nitrogens is 3. The Bertz CT molecular complexity index is 871. The molecule has 0 saturated heterocycles. The molecule has 130 valence electrons. The van der Waals surface area contributed by atoms with Crippen LogP contribution in [0.25, 0.3) is 0 Å². The van der Waals surface area contributed by atoms with Crippen LogP contribution >= 0.6 is 11.8 Å². The average molecular weight is 358 g/mol. The van der Waals surface area contributed by atoms with E-state index in [9.17, 15) is 9.59 Å². The molecule has 3 rings (SSSR count). The fourth-order valence-electron chi connectivity index (χ4n) is 2.34. The third-order valence-electron chi connectivity index (χ3n) is 3.59. The summed E-state index contributed by atoms with van der Waals surface area (Å²) in [5.74, 6) is 0.694. The van der Waals surface area contributed by atoms with Gasteiger partial charge in [0.25, 0.3) is 0 Å². The molecule has 2 aromatic heterocycles. The summed E-state index contributed by atoms with van der Waals surface area (Å²) in [4.78, 5) is 24.0. The molecule has 0 spiro atoms. The number of furan rings is 1. The van der Waals surface area contributed by atoms with Crippen molar-refractivity contribution in [3.63, 3.8) is 0 Å². The molecule has 1 atom stereocenters. The zero-order chi connectivity index (χ0) is 17.6. The Labute approximate surface area is 148 Å². The zero-order valence-corrected chi connectivity index (χ0v) is 14.5. The molecule has 2 heterocycles. The molecule has 0 bridgehead atoms. The second kappa shape index (κ2) is 7.89. The quantitative estimate of drug-likeness (QED) is 0.632. The van der Waals surface area contributed by atoms with Gasteiger partial charge in [-0.3, -0.25) is 9.36 Å². The van der Waals surface area contributed by atoms with Gasteiger partial charge in [-0.1, -0.05) is 42.1 Å². The number of aromatic amines is 1. The lowest BCUT2D eigenvalue weighted by atomic mass is 10.2. The molecule has 25 heavy (non-hydrogen) atoms. The van der Waals surface area contributed by atoms with E-state index in [0.717, 1.165) is 5.56 Å². The maximum Gasteiger partial charge on any atom is 0.344 e. The summed E-state index contributed by atoms with van der Waals surface area (Å²) in [7, 11) is 0. The first-order valence-corrected chi connectivity index (χ1v) is 8.76. The first kappa shape index (κ1) is 17.1. The smallest absolute Gasteiger partial charge is 0.344 e. The van der Waals surface area contributed by atoms with E-state index < -0.39 is 0 Å². The topological polar surface area (TPSA) is 92.9 Å². The molecule has 2 N–H and O–H groups in total. The van der Waals surface area contributed by atoms with Crippen molar-refractivity contribution in [2.75, 3.05) is 5.75 Å². The van der Waals surface area contributed by atoms with Gasteiger partial charge in [0, 0.05) is 0 Å². The van der Waals surface area contributed by atoms with Crippen molar-refractivity contribution in [1.29, 1.82) is 0 Å². The summed E-state index contributed by atoms with van der Waals surface area (Å²) in [6.45, 7) is 2.25. The van der Waals surface area contributed by atoms with E-state index in [2.05, 4.69) is 15.5 Å². The Morgan fingerprint density at radius 3 is 2.84 bits per heavy atom. The highest BCUT2D eigenvalue weighted by atomic mass is 32.2. The number of rotatable bonds is 7. The lowest BCUT2D eigenvalue weighted by Gasteiger charge is -2.11. The molecule has 1 aromatic carbocycles. The third kappa shape index (κ3) is 4.42. The number of carbonyl (C=O) groups is 1. The van der Waals surface area contributed by atoms with Gasteiger partial charge in [0.2, 0.25) is 5.91 Å². The number of thioether (sulfide) groups is 1. The highest BCUT2D eigenvalue weighted by Crippen LogP contribution is 2.16. The van der Waals surface area contributed by atoms with Crippen molar-refractivity contribution >= 4 is 17.7 Å². The van der Waals surface area contributed by atoms with Crippen molar-refractivity contribution < 1.29 is 9.21 Å². The number of benzene rings is 1. The zero-order valence-electron chi connectivity index (χ0n) is 13.6. The standard InChI is InChI=1S/C17H18N4O3S/c1-12(14-8-5-9-24-14)18-15(22)11-25-17-20-19-16(23)21(17)10-13-6-3-2-4-7-13/h2-9,12H,10-11H2,1H3,(H,18,22)(H,19,23). The number of nitrogens with one attached hydrogen (secondary N) is 2. The van der Waals surface area contributed by atoms with Crippen LogP contribution in [0, 0.1) is 0 Å². The van der Waals surface area contributed by atoms with Gasteiger partial charge < -0.3 is 9.73 Å². The Hall–Kier alpha value is -2.74.